The largest absolute Gasteiger partial charge is 0.419 e. The van der Waals surface area contributed by atoms with E-state index in [0.29, 0.717) is 24.3 Å². The van der Waals surface area contributed by atoms with E-state index < -0.39 is 69.9 Å². The van der Waals surface area contributed by atoms with Gasteiger partial charge in [-0.2, -0.15) is 26.3 Å². The highest BCUT2D eigenvalue weighted by Crippen LogP contribution is 2.41. The van der Waals surface area contributed by atoms with E-state index in [0.717, 1.165) is 18.3 Å². The van der Waals surface area contributed by atoms with Crippen LogP contribution in [0.4, 0.5) is 39.5 Å². The average Bonchev–Trinajstić information content (AvgIpc) is 2.91. The Morgan fingerprint density at radius 2 is 1.43 bits per heavy atom. The van der Waals surface area contributed by atoms with Crippen molar-refractivity contribution in [3.8, 4) is 0 Å². The number of carbonyl (C=O) groups excluding carboxylic acids is 1. The molecule has 0 fully saturated rings. The van der Waals surface area contributed by atoms with Gasteiger partial charge < -0.3 is 0 Å². The van der Waals surface area contributed by atoms with E-state index in [4.69, 9.17) is 17.4 Å². The Balaban J connectivity index is 2.04. The Morgan fingerprint density at radius 3 is 2.00 bits per heavy atom. The van der Waals surface area contributed by atoms with E-state index in [1.54, 1.807) is 0 Å². The van der Waals surface area contributed by atoms with Crippen LogP contribution in [-0.2, 0) is 24.3 Å². The van der Waals surface area contributed by atoms with Gasteiger partial charge in [-0.25, -0.2) is 19.0 Å². The van der Waals surface area contributed by atoms with Crippen LogP contribution in [0, 0.1) is 17.5 Å². The molecule has 4 rings (SSSR count). The molecule has 0 saturated heterocycles. The molecule has 0 saturated carbocycles. The maximum Gasteiger partial charge on any atom is 0.419 e. The molecule has 2 N–H and O–H groups in total. The summed E-state index contributed by atoms with van der Waals surface area (Å²) < 4.78 is 124. The molecular weight excluding hydrogens is 601 g/mol. The van der Waals surface area contributed by atoms with Gasteiger partial charge in [0.25, 0.3) is 5.91 Å². The molecule has 42 heavy (non-hydrogen) atoms. The molecule has 1 aromatic heterocycles. The van der Waals surface area contributed by atoms with Gasteiger partial charge in [-0.15, -0.1) is 0 Å². The normalized spacial score (nSPS) is 13.5. The fourth-order valence-corrected chi connectivity index (χ4v) is 4.50. The number of rotatable bonds is 6. The zero-order chi connectivity index (χ0) is 31.0. The van der Waals surface area contributed by atoms with Crippen LogP contribution >= 0.6 is 11.6 Å². The molecule has 4 nitrogen and oxygen atoms in total. The zero-order valence-electron chi connectivity index (χ0n) is 20.9. The van der Waals surface area contributed by atoms with Crippen LogP contribution in [0.3, 0.4) is 0 Å². The fourth-order valence-electron chi connectivity index (χ4n) is 4.39. The quantitative estimate of drug-likeness (QED) is 0.104. The highest BCUT2D eigenvalue weighted by atomic mass is 35.5. The van der Waals surface area contributed by atoms with Crippen molar-refractivity contribution in [1.82, 2.24) is 9.99 Å². The predicted molar refractivity (Wildman–Crippen MR) is 133 cm³/mol. The van der Waals surface area contributed by atoms with Gasteiger partial charge in [0, 0.05) is 18.2 Å². The third kappa shape index (κ3) is 6.21. The van der Waals surface area contributed by atoms with Crippen LogP contribution in [0.15, 0.2) is 79.0 Å². The molecule has 0 spiro atoms. The number of nitrogens with two attached hydrogens (primary N) is 1. The lowest BCUT2D eigenvalue weighted by atomic mass is 9.78. The third-order valence-corrected chi connectivity index (χ3v) is 6.60. The van der Waals surface area contributed by atoms with Crippen LogP contribution in [0.5, 0.6) is 0 Å². The number of amides is 1. The van der Waals surface area contributed by atoms with Crippen LogP contribution in [0.2, 0.25) is 5.02 Å². The summed E-state index contributed by atoms with van der Waals surface area (Å²) in [6.07, 6.45) is -9.81. The van der Waals surface area contributed by atoms with Gasteiger partial charge in [0.1, 0.15) is 23.0 Å². The Hall–Kier alpha value is -4.10. The molecular formula is C28H17ClF9N3O. The van der Waals surface area contributed by atoms with Gasteiger partial charge in [-0.3, -0.25) is 14.8 Å². The van der Waals surface area contributed by atoms with E-state index in [2.05, 4.69) is 4.98 Å². The summed E-state index contributed by atoms with van der Waals surface area (Å²) in [6.45, 7) is 0. The van der Waals surface area contributed by atoms with Crippen LogP contribution in [-0.4, -0.2) is 15.9 Å². The summed E-state index contributed by atoms with van der Waals surface area (Å²) in [4.78, 5) is 17.8. The first-order valence-electron chi connectivity index (χ1n) is 11.7. The minimum Gasteiger partial charge on any atom is -0.268 e. The minimum absolute atomic E-state index is 0.0490. The maximum absolute atomic E-state index is 14.8. The number of halogens is 10. The number of nitrogens with zero attached hydrogens (tertiary/aromatic N) is 2. The molecule has 0 radical (unpaired) electrons. The molecule has 220 valence electrons. The molecule has 1 amide bonds. The number of hydrazine groups is 1. The van der Waals surface area contributed by atoms with E-state index >= 15 is 0 Å². The molecule has 0 bridgehead atoms. The number of benzene rings is 3. The first kappa shape index (κ1) is 30.8. The lowest BCUT2D eigenvalue weighted by Crippen LogP contribution is -2.56. The lowest BCUT2D eigenvalue weighted by Gasteiger charge is -2.42. The fraction of sp³-hybridized carbons (Fsp3) is 0.143. The number of alkyl halides is 6. The smallest absolute Gasteiger partial charge is 0.268 e. The van der Waals surface area contributed by atoms with Gasteiger partial charge in [-0.1, -0.05) is 23.7 Å². The summed E-state index contributed by atoms with van der Waals surface area (Å²) in [5, 5.41) is 0.336. The highest BCUT2D eigenvalue weighted by molar-refractivity contribution is 6.30. The Morgan fingerprint density at radius 1 is 0.786 bits per heavy atom. The van der Waals surface area contributed by atoms with Crippen molar-refractivity contribution < 1.29 is 44.3 Å². The van der Waals surface area contributed by atoms with Crippen molar-refractivity contribution in [2.45, 2.75) is 24.3 Å². The van der Waals surface area contributed by atoms with Crippen LogP contribution < -0.4 is 5.84 Å². The Bertz CT molecular complexity index is 1610. The second-order valence-electron chi connectivity index (χ2n) is 9.12. The van der Waals surface area contributed by atoms with Crippen molar-refractivity contribution in [3.63, 3.8) is 0 Å². The second kappa shape index (κ2) is 11.3. The molecule has 14 heteroatoms. The number of carbonyl (C=O) groups is 1. The molecule has 3 aromatic carbocycles. The van der Waals surface area contributed by atoms with Crippen LogP contribution in [0.1, 0.15) is 38.3 Å². The standard InChI is InChI=1S/C28H17ClF9N3O/c29-19-4-8-24(40-14-19)26(13-15-1-5-20(30)6-2-15,17-10-18(27(33,34)35)12-21(31)11-17)41(39)25(42)16-3-7-23(32)22(9-16)28(36,37)38/h1-12,14H,13,39H2/t26-/m0/s1. The summed E-state index contributed by atoms with van der Waals surface area (Å²) in [7, 11) is 0. The summed E-state index contributed by atoms with van der Waals surface area (Å²) in [5.74, 6) is 1.08. The number of aromatic nitrogens is 1. The molecule has 0 aliphatic heterocycles. The van der Waals surface area contributed by atoms with Crippen molar-refractivity contribution in [2.24, 2.45) is 5.84 Å². The number of hydrogen-bond donors (Lipinski definition) is 1. The van der Waals surface area contributed by atoms with Gasteiger partial charge in [0.05, 0.1) is 21.8 Å². The molecule has 4 aromatic rings. The zero-order valence-corrected chi connectivity index (χ0v) is 21.6. The first-order chi connectivity index (χ1) is 19.5. The molecule has 1 atom stereocenters. The summed E-state index contributed by atoms with van der Waals surface area (Å²) in [5.41, 5.74) is -7.14. The molecule has 1 heterocycles. The van der Waals surface area contributed by atoms with Gasteiger partial charge in [0.2, 0.25) is 0 Å². The highest BCUT2D eigenvalue weighted by Gasteiger charge is 2.46. The van der Waals surface area contributed by atoms with E-state index in [1.165, 1.54) is 24.3 Å². The van der Waals surface area contributed by atoms with E-state index in [1.807, 2.05) is 0 Å². The lowest BCUT2D eigenvalue weighted by molar-refractivity contribution is -0.140. The third-order valence-electron chi connectivity index (χ3n) is 6.38. The second-order valence-corrected chi connectivity index (χ2v) is 9.56. The average molecular weight is 618 g/mol. The van der Waals surface area contributed by atoms with Gasteiger partial charge >= 0.3 is 12.4 Å². The Kier molecular flexibility index (Phi) is 8.29. The summed E-state index contributed by atoms with van der Waals surface area (Å²) >= 11 is 5.94. The molecule has 0 aliphatic carbocycles. The van der Waals surface area contributed by atoms with Crippen molar-refractivity contribution in [2.75, 3.05) is 0 Å². The topological polar surface area (TPSA) is 59.2 Å². The van der Waals surface area contributed by atoms with Gasteiger partial charge in [-0.05, 0) is 71.8 Å². The van der Waals surface area contributed by atoms with Crippen LogP contribution in [0.25, 0.3) is 0 Å². The van der Waals surface area contributed by atoms with E-state index in [-0.39, 0.29) is 33.4 Å². The predicted octanol–water partition coefficient (Wildman–Crippen LogP) is 7.69. The van der Waals surface area contributed by atoms with Crippen molar-refractivity contribution in [1.29, 1.82) is 0 Å². The monoisotopic (exact) mass is 617 g/mol. The number of pyridine rings is 1. The van der Waals surface area contributed by atoms with E-state index in [9.17, 15) is 44.3 Å². The van der Waals surface area contributed by atoms with Crippen molar-refractivity contribution in [3.05, 3.63) is 135 Å². The van der Waals surface area contributed by atoms with Crippen molar-refractivity contribution >= 4 is 17.5 Å². The Labute approximate surface area is 237 Å². The van der Waals surface area contributed by atoms with Gasteiger partial charge in [0.15, 0.2) is 0 Å². The molecule has 0 aliphatic rings. The first-order valence-corrected chi connectivity index (χ1v) is 12.1. The minimum atomic E-state index is -5.22. The molecule has 0 unspecified atom stereocenters. The maximum atomic E-state index is 14.8. The summed E-state index contributed by atoms with van der Waals surface area (Å²) in [6, 6.07) is 9.42. The number of hydrogen-bond acceptors (Lipinski definition) is 3. The SMILES string of the molecule is NN(C(=O)c1ccc(F)c(C(F)(F)F)c1)[C@@](Cc1ccc(F)cc1)(c1cc(F)cc(C(F)(F)F)c1)c1ccc(Cl)cn1.